The van der Waals surface area contributed by atoms with Gasteiger partial charge in [0.1, 0.15) is 0 Å². The summed E-state index contributed by atoms with van der Waals surface area (Å²) in [4.78, 5) is 23.8. The van der Waals surface area contributed by atoms with Crippen LogP contribution in [0.2, 0.25) is 0 Å². The number of hydrogen-bond acceptors (Lipinski definition) is 4. The lowest BCUT2D eigenvalue weighted by Gasteiger charge is -2.38. The molecule has 1 saturated carbocycles. The van der Waals surface area contributed by atoms with Gasteiger partial charge >= 0.3 is 5.97 Å². The number of carbonyl (C=O) groups is 2. The van der Waals surface area contributed by atoms with Gasteiger partial charge in [0.2, 0.25) is 5.91 Å². The van der Waals surface area contributed by atoms with E-state index in [-0.39, 0.29) is 24.1 Å². The van der Waals surface area contributed by atoms with Gasteiger partial charge in [0.15, 0.2) is 0 Å². The van der Waals surface area contributed by atoms with Gasteiger partial charge in [-0.2, -0.15) is 0 Å². The van der Waals surface area contributed by atoms with Crippen LogP contribution in [0.4, 0.5) is 0 Å². The Morgan fingerprint density at radius 2 is 1.76 bits per heavy atom. The normalized spacial score (nSPS) is 23.9. The fourth-order valence-electron chi connectivity index (χ4n) is 5.16. The predicted octanol–water partition coefficient (Wildman–Crippen LogP) is 4.69. The number of carbonyl (C=O) groups excluding carboxylic acids is 1. The van der Waals surface area contributed by atoms with E-state index in [1.54, 1.807) is 6.08 Å². The third-order valence-corrected chi connectivity index (χ3v) is 7.12. The van der Waals surface area contributed by atoms with E-state index in [0.717, 1.165) is 18.4 Å². The molecule has 0 aliphatic heterocycles. The maximum Gasteiger partial charge on any atom is 0.331 e. The Bertz CT molecular complexity index is 810. The lowest BCUT2D eigenvalue weighted by molar-refractivity contribution is -0.133. The molecule has 0 unspecified atom stereocenters. The Hall–Kier alpha value is -2.18. The molecule has 3 rings (SSSR count). The molecule has 0 heterocycles. The smallest absolute Gasteiger partial charge is 0.331 e. The Kier molecular flexibility index (Phi) is 9.51. The molecule has 0 spiro atoms. The van der Waals surface area contributed by atoms with Crippen molar-refractivity contribution in [3.8, 4) is 0 Å². The minimum Gasteiger partial charge on any atom is -0.478 e. The van der Waals surface area contributed by atoms with Crippen molar-refractivity contribution >= 4 is 11.9 Å². The van der Waals surface area contributed by atoms with E-state index in [1.807, 2.05) is 0 Å². The van der Waals surface area contributed by atoms with Gasteiger partial charge in [-0.3, -0.25) is 4.79 Å². The van der Waals surface area contributed by atoms with Gasteiger partial charge in [0.25, 0.3) is 0 Å². The highest BCUT2D eigenvalue weighted by molar-refractivity contribution is 5.87. The van der Waals surface area contributed by atoms with Crippen molar-refractivity contribution in [3.05, 3.63) is 47.0 Å². The molecule has 0 bridgehead atoms. The first-order valence-corrected chi connectivity index (χ1v) is 12.6. The van der Waals surface area contributed by atoms with E-state index in [1.165, 1.54) is 44.6 Å². The summed E-state index contributed by atoms with van der Waals surface area (Å²) in [6, 6.07) is 8.25. The van der Waals surface area contributed by atoms with Crippen molar-refractivity contribution in [2.24, 2.45) is 0 Å². The van der Waals surface area contributed by atoms with Gasteiger partial charge in [0, 0.05) is 25.1 Å². The van der Waals surface area contributed by atoms with Gasteiger partial charge in [0.05, 0.1) is 18.2 Å². The highest BCUT2D eigenvalue weighted by atomic mass is 16.5. The highest BCUT2D eigenvalue weighted by Gasteiger charge is 2.37. The summed E-state index contributed by atoms with van der Waals surface area (Å²) in [6.45, 7) is 6.21. The molecule has 1 aromatic carbocycles. The number of amides is 1. The van der Waals surface area contributed by atoms with E-state index in [9.17, 15) is 14.7 Å². The number of nitrogens with one attached hydrogen (secondary N) is 2. The van der Waals surface area contributed by atoms with Crippen LogP contribution in [0.15, 0.2) is 35.9 Å². The first kappa shape index (κ1) is 25.4. The van der Waals surface area contributed by atoms with Gasteiger partial charge in [-0.15, -0.1) is 0 Å². The number of aliphatic carboxylic acids is 1. The van der Waals surface area contributed by atoms with Crippen molar-refractivity contribution < 1.29 is 19.4 Å². The number of rotatable bonds is 10. The lowest BCUT2D eigenvalue weighted by atomic mass is 9.84. The molecular weight excluding hydrogens is 416 g/mol. The van der Waals surface area contributed by atoms with E-state index < -0.39 is 12.1 Å². The molecule has 6 nitrogen and oxygen atoms in total. The Balaban J connectivity index is 1.72. The standard InChI is InChI=1S/C27H40N2O4/c1-4-23(5-2)33-25-16-22(27(31)32)15-24(26(25)29-18(3)30)28-17-19-11-13-21(14-12-19)20-9-7-6-8-10-20/h11-14,16,20,23-26,28H,4-10,15,17H2,1-3H3,(H,29,30)(H,31,32)/t24-,25+,26+/m0/s1. The first-order valence-electron chi connectivity index (χ1n) is 12.6. The van der Waals surface area contributed by atoms with Crippen LogP contribution in [0.25, 0.3) is 0 Å². The zero-order valence-corrected chi connectivity index (χ0v) is 20.3. The van der Waals surface area contributed by atoms with Crippen LogP contribution >= 0.6 is 0 Å². The van der Waals surface area contributed by atoms with Gasteiger partial charge < -0.3 is 20.5 Å². The van der Waals surface area contributed by atoms with Crippen LogP contribution in [0.3, 0.4) is 0 Å². The van der Waals surface area contributed by atoms with Gasteiger partial charge in [-0.25, -0.2) is 4.79 Å². The summed E-state index contributed by atoms with van der Waals surface area (Å²) in [6.07, 6.45) is 9.77. The fraction of sp³-hybridized carbons (Fsp3) is 0.630. The summed E-state index contributed by atoms with van der Waals surface area (Å²) in [5.74, 6) is -0.401. The number of benzene rings is 1. The second-order valence-corrected chi connectivity index (χ2v) is 9.53. The lowest BCUT2D eigenvalue weighted by Crippen LogP contribution is -2.58. The number of carboxylic acids is 1. The average Bonchev–Trinajstić information content (AvgIpc) is 2.82. The molecule has 6 heteroatoms. The molecule has 3 N–H and O–H groups in total. The van der Waals surface area contributed by atoms with Crippen molar-refractivity contribution in [1.82, 2.24) is 10.6 Å². The summed E-state index contributed by atoms with van der Waals surface area (Å²) in [5, 5.41) is 16.2. The molecular formula is C27H40N2O4. The van der Waals surface area contributed by atoms with Crippen LogP contribution in [0.5, 0.6) is 0 Å². The maximum atomic E-state index is 12.0. The second kappa shape index (κ2) is 12.3. The van der Waals surface area contributed by atoms with Crippen molar-refractivity contribution in [2.75, 3.05) is 0 Å². The second-order valence-electron chi connectivity index (χ2n) is 9.53. The third-order valence-electron chi connectivity index (χ3n) is 7.12. The minimum atomic E-state index is -0.932. The number of carboxylic acid groups (broad SMARTS) is 1. The quantitative estimate of drug-likeness (QED) is 0.476. The largest absolute Gasteiger partial charge is 0.478 e. The minimum absolute atomic E-state index is 0.0173. The van der Waals surface area contributed by atoms with Crippen LogP contribution in [0, 0.1) is 0 Å². The summed E-state index contributed by atoms with van der Waals surface area (Å²) >= 11 is 0. The zero-order valence-electron chi connectivity index (χ0n) is 20.3. The Labute approximate surface area is 198 Å². The predicted molar refractivity (Wildman–Crippen MR) is 130 cm³/mol. The monoisotopic (exact) mass is 456 g/mol. The Morgan fingerprint density at radius 3 is 2.33 bits per heavy atom. The van der Waals surface area contributed by atoms with Crippen LogP contribution in [-0.4, -0.2) is 41.3 Å². The van der Waals surface area contributed by atoms with Crippen LogP contribution < -0.4 is 10.6 Å². The zero-order chi connectivity index (χ0) is 23.8. The van der Waals surface area contributed by atoms with Crippen LogP contribution in [0.1, 0.15) is 89.2 Å². The van der Waals surface area contributed by atoms with E-state index in [4.69, 9.17) is 4.74 Å². The first-order chi connectivity index (χ1) is 15.9. The summed E-state index contributed by atoms with van der Waals surface area (Å²) in [7, 11) is 0. The number of hydrogen-bond donors (Lipinski definition) is 3. The Morgan fingerprint density at radius 1 is 1.09 bits per heavy atom. The molecule has 0 saturated heterocycles. The molecule has 0 radical (unpaired) electrons. The molecule has 1 amide bonds. The van der Waals surface area contributed by atoms with Crippen LogP contribution in [-0.2, 0) is 20.9 Å². The number of ether oxygens (including phenoxy) is 1. The SMILES string of the molecule is CCC(CC)O[C@@H]1C=C(C(=O)O)C[C@H](NCc2ccc(C3CCCCC3)cc2)[C@H]1NC(C)=O. The fourth-order valence-corrected chi connectivity index (χ4v) is 5.16. The highest BCUT2D eigenvalue weighted by Crippen LogP contribution is 2.32. The van der Waals surface area contributed by atoms with Crippen molar-refractivity contribution in [1.29, 1.82) is 0 Å². The average molecular weight is 457 g/mol. The molecule has 1 fully saturated rings. The van der Waals surface area contributed by atoms with E-state index in [2.05, 4.69) is 48.7 Å². The van der Waals surface area contributed by atoms with E-state index >= 15 is 0 Å². The third kappa shape index (κ3) is 7.15. The van der Waals surface area contributed by atoms with Gasteiger partial charge in [-0.05, 0) is 55.2 Å². The molecule has 1 aromatic rings. The topological polar surface area (TPSA) is 87.7 Å². The molecule has 2 aliphatic carbocycles. The van der Waals surface area contributed by atoms with Crippen molar-refractivity contribution in [2.45, 2.75) is 109 Å². The molecule has 33 heavy (non-hydrogen) atoms. The molecule has 2 aliphatic rings. The summed E-state index contributed by atoms with van der Waals surface area (Å²) in [5.41, 5.74) is 2.90. The van der Waals surface area contributed by atoms with Gasteiger partial charge in [-0.1, -0.05) is 57.4 Å². The summed E-state index contributed by atoms with van der Waals surface area (Å²) < 4.78 is 6.25. The molecule has 182 valence electrons. The van der Waals surface area contributed by atoms with E-state index in [0.29, 0.717) is 24.5 Å². The molecule has 3 atom stereocenters. The van der Waals surface area contributed by atoms with Crippen molar-refractivity contribution in [3.63, 3.8) is 0 Å². The molecule has 0 aromatic heterocycles. The maximum absolute atomic E-state index is 12.0.